The highest BCUT2D eigenvalue weighted by atomic mass is 16.4. The maximum atomic E-state index is 12.4. The number of benzene rings is 1. The molecule has 0 saturated heterocycles. The van der Waals surface area contributed by atoms with Crippen molar-refractivity contribution >= 4 is 22.8 Å². The molecule has 1 saturated carbocycles. The third-order valence-electron chi connectivity index (χ3n) is 4.56. The lowest BCUT2D eigenvalue weighted by Gasteiger charge is -2.34. The third-order valence-corrected chi connectivity index (χ3v) is 4.56. The van der Waals surface area contributed by atoms with E-state index in [0.29, 0.717) is 12.8 Å². The van der Waals surface area contributed by atoms with Crippen LogP contribution >= 0.6 is 0 Å². The first kappa shape index (κ1) is 15.5. The lowest BCUT2D eigenvalue weighted by atomic mass is 9.81. The summed E-state index contributed by atoms with van der Waals surface area (Å²) in [6, 6.07) is 9.50. The van der Waals surface area contributed by atoms with Crippen LogP contribution < -0.4 is 5.32 Å². The molecule has 120 valence electrons. The van der Waals surface area contributed by atoms with Gasteiger partial charge in [0.1, 0.15) is 5.54 Å². The fourth-order valence-corrected chi connectivity index (χ4v) is 3.34. The molecule has 2 N–H and O–H groups in total. The highest BCUT2D eigenvalue weighted by Crippen LogP contribution is 2.28. The van der Waals surface area contributed by atoms with Crippen LogP contribution in [0.15, 0.2) is 36.5 Å². The molecule has 0 bridgehead atoms. The number of hydrogen-bond donors (Lipinski definition) is 2. The number of carbonyl (C=O) groups excluding carboxylic acids is 1. The van der Waals surface area contributed by atoms with E-state index in [0.717, 1.165) is 35.7 Å². The Morgan fingerprint density at radius 3 is 2.61 bits per heavy atom. The van der Waals surface area contributed by atoms with Gasteiger partial charge in [-0.1, -0.05) is 43.5 Å². The lowest BCUT2D eigenvalue weighted by molar-refractivity contribution is -0.149. The minimum Gasteiger partial charge on any atom is -0.480 e. The highest BCUT2D eigenvalue weighted by Gasteiger charge is 2.40. The number of amides is 1. The summed E-state index contributed by atoms with van der Waals surface area (Å²) in [6.45, 7) is 0. The molecule has 2 aromatic rings. The molecule has 1 fully saturated rings. The molecule has 1 aromatic carbocycles. The summed E-state index contributed by atoms with van der Waals surface area (Å²) in [6.07, 6.45) is 5.54. The maximum Gasteiger partial charge on any atom is 0.329 e. The number of carbonyl (C=O) groups is 2. The van der Waals surface area contributed by atoms with E-state index in [9.17, 15) is 14.7 Å². The van der Waals surface area contributed by atoms with Crippen LogP contribution in [0.2, 0.25) is 0 Å². The van der Waals surface area contributed by atoms with Crippen molar-refractivity contribution in [1.29, 1.82) is 0 Å². The number of nitrogens with one attached hydrogen (secondary N) is 1. The molecule has 5 nitrogen and oxygen atoms in total. The van der Waals surface area contributed by atoms with Gasteiger partial charge in [-0.3, -0.25) is 9.78 Å². The first-order valence-corrected chi connectivity index (χ1v) is 7.98. The highest BCUT2D eigenvalue weighted by molar-refractivity contribution is 5.91. The smallest absolute Gasteiger partial charge is 0.329 e. The summed E-state index contributed by atoms with van der Waals surface area (Å²) in [5.41, 5.74) is 0.503. The van der Waals surface area contributed by atoms with E-state index >= 15 is 0 Å². The standard InChI is InChI=1S/C18H20N2O3/c21-15(20-18(17(22)23)9-2-1-3-10-18)12-14-7-4-6-13-8-5-11-19-16(13)14/h4-8,11H,1-3,9-10,12H2,(H,20,21)(H,22,23). The van der Waals surface area contributed by atoms with Crippen molar-refractivity contribution in [3.8, 4) is 0 Å². The fraction of sp³-hybridized carbons (Fsp3) is 0.389. The van der Waals surface area contributed by atoms with Crippen LogP contribution in [-0.4, -0.2) is 27.5 Å². The Balaban J connectivity index is 1.79. The molecule has 1 aliphatic carbocycles. The summed E-state index contributed by atoms with van der Waals surface area (Å²) < 4.78 is 0. The van der Waals surface area contributed by atoms with Crippen LogP contribution in [0.5, 0.6) is 0 Å². The van der Waals surface area contributed by atoms with Crippen molar-refractivity contribution in [2.24, 2.45) is 0 Å². The molecule has 0 radical (unpaired) electrons. The van der Waals surface area contributed by atoms with Crippen LogP contribution in [0.4, 0.5) is 0 Å². The minimum atomic E-state index is -1.10. The molecule has 1 amide bonds. The Hall–Kier alpha value is -2.43. The molecule has 1 heterocycles. The molecule has 0 atom stereocenters. The summed E-state index contributed by atoms with van der Waals surface area (Å²) in [5, 5.41) is 13.3. The number of para-hydroxylation sites is 1. The Morgan fingerprint density at radius 2 is 1.87 bits per heavy atom. The topological polar surface area (TPSA) is 79.3 Å². The van der Waals surface area contributed by atoms with Crippen molar-refractivity contribution in [3.63, 3.8) is 0 Å². The molecule has 0 aliphatic heterocycles. The number of aromatic nitrogens is 1. The van der Waals surface area contributed by atoms with Gasteiger partial charge in [0.15, 0.2) is 0 Å². The average molecular weight is 312 g/mol. The van der Waals surface area contributed by atoms with E-state index in [1.807, 2.05) is 30.3 Å². The van der Waals surface area contributed by atoms with Gasteiger partial charge < -0.3 is 10.4 Å². The quantitative estimate of drug-likeness (QED) is 0.909. The van der Waals surface area contributed by atoms with Gasteiger partial charge in [-0.15, -0.1) is 0 Å². The van der Waals surface area contributed by atoms with E-state index in [4.69, 9.17) is 0 Å². The molecular weight excluding hydrogens is 292 g/mol. The van der Waals surface area contributed by atoms with Gasteiger partial charge in [-0.2, -0.15) is 0 Å². The summed E-state index contributed by atoms with van der Waals surface area (Å²) in [7, 11) is 0. The maximum absolute atomic E-state index is 12.4. The number of pyridine rings is 1. The van der Waals surface area contributed by atoms with Gasteiger partial charge in [0.05, 0.1) is 11.9 Å². The predicted octanol–water partition coefficient (Wildman–Crippen LogP) is 2.68. The van der Waals surface area contributed by atoms with Crippen molar-refractivity contribution in [2.45, 2.75) is 44.1 Å². The summed E-state index contributed by atoms with van der Waals surface area (Å²) >= 11 is 0. The number of fused-ring (bicyclic) bond motifs is 1. The zero-order valence-electron chi connectivity index (χ0n) is 12.9. The molecule has 1 aliphatic rings. The molecular formula is C18H20N2O3. The zero-order chi connectivity index (χ0) is 16.3. The largest absolute Gasteiger partial charge is 0.480 e. The van der Waals surface area contributed by atoms with Gasteiger partial charge in [0, 0.05) is 11.6 Å². The number of hydrogen-bond acceptors (Lipinski definition) is 3. The Labute approximate surface area is 134 Å². The van der Waals surface area contributed by atoms with Crippen LogP contribution in [0, 0.1) is 0 Å². The molecule has 5 heteroatoms. The molecule has 0 unspecified atom stereocenters. The predicted molar refractivity (Wildman–Crippen MR) is 87.0 cm³/mol. The van der Waals surface area contributed by atoms with Crippen molar-refractivity contribution in [2.75, 3.05) is 0 Å². The van der Waals surface area contributed by atoms with E-state index in [2.05, 4.69) is 10.3 Å². The van der Waals surface area contributed by atoms with E-state index in [1.54, 1.807) is 6.20 Å². The second kappa shape index (κ2) is 6.36. The number of nitrogens with zero attached hydrogens (tertiary/aromatic N) is 1. The van der Waals surface area contributed by atoms with Gasteiger partial charge in [-0.05, 0) is 24.5 Å². The van der Waals surface area contributed by atoms with E-state index in [-0.39, 0.29) is 12.3 Å². The van der Waals surface area contributed by atoms with Gasteiger partial charge >= 0.3 is 5.97 Å². The number of aliphatic carboxylic acids is 1. The van der Waals surface area contributed by atoms with Crippen LogP contribution in [0.1, 0.15) is 37.7 Å². The van der Waals surface area contributed by atoms with E-state index in [1.165, 1.54) is 0 Å². The average Bonchev–Trinajstić information content (AvgIpc) is 2.56. The van der Waals surface area contributed by atoms with Gasteiger partial charge in [-0.25, -0.2) is 4.79 Å². The van der Waals surface area contributed by atoms with Crippen molar-refractivity contribution in [1.82, 2.24) is 10.3 Å². The Morgan fingerprint density at radius 1 is 1.13 bits per heavy atom. The SMILES string of the molecule is O=C(Cc1cccc2cccnc12)NC1(C(=O)O)CCCCC1. The van der Waals surface area contributed by atoms with Gasteiger partial charge in [0.2, 0.25) is 5.91 Å². The molecule has 3 rings (SSSR count). The number of carboxylic acid groups (broad SMARTS) is 1. The monoisotopic (exact) mass is 312 g/mol. The second-order valence-electron chi connectivity index (χ2n) is 6.17. The van der Waals surface area contributed by atoms with Crippen molar-refractivity contribution in [3.05, 3.63) is 42.1 Å². The molecule has 1 aromatic heterocycles. The fourth-order valence-electron chi connectivity index (χ4n) is 3.34. The first-order chi connectivity index (χ1) is 11.1. The van der Waals surface area contributed by atoms with Crippen molar-refractivity contribution < 1.29 is 14.7 Å². The van der Waals surface area contributed by atoms with E-state index < -0.39 is 11.5 Å². The third kappa shape index (κ3) is 3.18. The minimum absolute atomic E-state index is 0.142. The second-order valence-corrected chi connectivity index (χ2v) is 6.17. The lowest BCUT2D eigenvalue weighted by Crippen LogP contribution is -2.56. The van der Waals surface area contributed by atoms with Gasteiger partial charge in [0.25, 0.3) is 0 Å². The first-order valence-electron chi connectivity index (χ1n) is 7.98. The zero-order valence-corrected chi connectivity index (χ0v) is 12.9. The summed E-state index contributed by atoms with van der Waals surface area (Å²) in [4.78, 5) is 28.4. The van der Waals surface area contributed by atoms with Crippen LogP contribution in [0.3, 0.4) is 0 Å². The molecule has 0 spiro atoms. The Bertz CT molecular complexity index is 731. The normalized spacial score (nSPS) is 16.9. The number of rotatable bonds is 4. The molecule has 23 heavy (non-hydrogen) atoms. The van der Waals surface area contributed by atoms with Crippen LogP contribution in [0.25, 0.3) is 10.9 Å². The summed E-state index contributed by atoms with van der Waals surface area (Å²) in [5.74, 6) is -1.19. The number of carboxylic acids is 1. The Kier molecular flexibility index (Phi) is 4.28. The van der Waals surface area contributed by atoms with Crippen LogP contribution in [-0.2, 0) is 16.0 Å².